The number of rotatable bonds is 5. The number of halogens is 4. The van der Waals surface area contributed by atoms with E-state index in [0.29, 0.717) is 43.7 Å². The Kier molecular flexibility index (Phi) is 5.73. The molecule has 3 heterocycles. The van der Waals surface area contributed by atoms with Gasteiger partial charge in [0.2, 0.25) is 5.95 Å². The number of aromatic nitrogens is 2. The molecule has 31 heavy (non-hydrogen) atoms. The second-order valence-electron chi connectivity index (χ2n) is 7.28. The predicted octanol–water partition coefficient (Wildman–Crippen LogP) is 3.27. The summed E-state index contributed by atoms with van der Waals surface area (Å²) in [6, 6.07) is 6.97. The second kappa shape index (κ2) is 8.46. The fourth-order valence-corrected chi connectivity index (χ4v) is 3.71. The molecular formula is C21H18F4N4O2. The van der Waals surface area contributed by atoms with E-state index < -0.39 is 29.3 Å². The first kappa shape index (κ1) is 21.0. The molecule has 10 heteroatoms. The summed E-state index contributed by atoms with van der Waals surface area (Å²) in [7, 11) is 0. The van der Waals surface area contributed by atoms with Crippen molar-refractivity contribution in [2.24, 2.45) is 0 Å². The van der Waals surface area contributed by atoms with Crippen molar-refractivity contribution >= 4 is 22.9 Å². The molecule has 0 saturated carbocycles. The first-order valence-electron chi connectivity index (χ1n) is 9.59. The highest BCUT2D eigenvalue weighted by Crippen LogP contribution is 2.25. The van der Waals surface area contributed by atoms with Crippen molar-refractivity contribution in [2.75, 3.05) is 31.1 Å². The Morgan fingerprint density at radius 1 is 1.10 bits per heavy atom. The summed E-state index contributed by atoms with van der Waals surface area (Å²) in [5.41, 5.74) is -1.17. The van der Waals surface area contributed by atoms with Crippen molar-refractivity contribution in [3.8, 4) is 0 Å². The third kappa shape index (κ3) is 4.15. The van der Waals surface area contributed by atoms with Crippen molar-refractivity contribution < 1.29 is 22.4 Å². The summed E-state index contributed by atoms with van der Waals surface area (Å²) >= 11 is 0. The minimum absolute atomic E-state index is 0.0189. The summed E-state index contributed by atoms with van der Waals surface area (Å²) < 4.78 is 54.8. The second-order valence-corrected chi connectivity index (χ2v) is 7.28. The van der Waals surface area contributed by atoms with Gasteiger partial charge in [-0.25, -0.2) is 18.2 Å². The highest BCUT2D eigenvalue weighted by Gasteiger charge is 2.22. The quantitative estimate of drug-likeness (QED) is 0.379. The summed E-state index contributed by atoms with van der Waals surface area (Å²) in [5.74, 6) is -1.37. The lowest BCUT2D eigenvalue weighted by molar-refractivity contribution is 0.111. The van der Waals surface area contributed by atoms with Crippen LogP contribution in [0, 0.1) is 11.8 Å². The number of H-pyrrole nitrogens is 1. The van der Waals surface area contributed by atoms with Crippen molar-refractivity contribution in [1.82, 2.24) is 14.9 Å². The number of hydrogen-bond donors (Lipinski definition) is 1. The van der Waals surface area contributed by atoms with Crippen LogP contribution >= 0.6 is 0 Å². The standard InChI is InChI=1S/C21H18F4N4O2/c22-17-13(2-1-12-9-15(19(23)24)21(31)27-18(12)17)10-28-5-7-29(8-6-28)16-4-3-14(11-30)26-20(16)25/h1-4,9,11,19H,5-8,10H2,(H,27,31). The van der Waals surface area contributed by atoms with Crippen LogP contribution in [0.5, 0.6) is 0 Å². The van der Waals surface area contributed by atoms with Crippen molar-refractivity contribution in [1.29, 1.82) is 0 Å². The Balaban J connectivity index is 1.48. The summed E-state index contributed by atoms with van der Waals surface area (Å²) in [4.78, 5) is 32.1. The number of benzene rings is 1. The normalized spacial score (nSPS) is 15.1. The van der Waals surface area contributed by atoms with Gasteiger partial charge in [0.25, 0.3) is 12.0 Å². The summed E-state index contributed by atoms with van der Waals surface area (Å²) in [5, 5.41) is 0.197. The topological polar surface area (TPSA) is 69.3 Å². The maximum absolute atomic E-state index is 14.9. The average Bonchev–Trinajstić information content (AvgIpc) is 2.76. The van der Waals surface area contributed by atoms with Gasteiger partial charge in [0.15, 0.2) is 12.1 Å². The van der Waals surface area contributed by atoms with Gasteiger partial charge >= 0.3 is 0 Å². The molecule has 1 aromatic carbocycles. The van der Waals surface area contributed by atoms with Crippen molar-refractivity contribution in [2.45, 2.75) is 13.0 Å². The first-order valence-corrected chi connectivity index (χ1v) is 9.59. The molecule has 4 rings (SSSR count). The van der Waals surface area contributed by atoms with E-state index in [1.54, 1.807) is 4.90 Å². The Labute approximate surface area is 174 Å². The maximum Gasteiger partial charge on any atom is 0.269 e. The minimum Gasteiger partial charge on any atom is -0.365 e. The number of aromatic amines is 1. The molecule has 1 aliphatic rings. The van der Waals surface area contributed by atoms with Gasteiger partial charge < -0.3 is 9.88 Å². The van der Waals surface area contributed by atoms with Crippen LogP contribution in [0.25, 0.3) is 10.9 Å². The molecule has 1 N–H and O–H groups in total. The van der Waals surface area contributed by atoms with Gasteiger partial charge in [0.1, 0.15) is 5.69 Å². The zero-order valence-corrected chi connectivity index (χ0v) is 16.2. The lowest BCUT2D eigenvalue weighted by Gasteiger charge is -2.36. The fourth-order valence-electron chi connectivity index (χ4n) is 3.71. The molecule has 1 aliphatic heterocycles. The van der Waals surface area contributed by atoms with Crippen LogP contribution in [0.3, 0.4) is 0 Å². The third-order valence-electron chi connectivity index (χ3n) is 5.38. The van der Waals surface area contributed by atoms with Crippen molar-refractivity contribution in [3.05, 3.63) is 69.3 Å². The molecule has 2 aromatic heterocycles. The smallest absolute Gasteiger partial charge is 0.269 e. The molecule has 0 unspecified atom stereocenters. The van der Waals surface area contributed by atoms with E-state index in [4.69, 9.17) is 0 Å². The predicted molar refractivity (Wildman–Crippen MR) is 107 cm³/mol. The largest absolute Gasteiger partial charge is 0.365 e. The van der Waals surface area contributed by atoms with Gasteiger partial charge in [-0.05, 0) is 18.2 Å². The number of pyridine rings is 2. The first-order chi connectivity index (χ1) is 14.9. The van der Waals surface area contributed by atoms with E-state index in [0.717, 1.165) is 6.07 Å². The van der Waals surface area contributed by atoms with E-state index in [1.165, 1.54) is 24.3 Å². The number of fused-ring (bicyclic) bond motifs is 1. The number of nitrogens with one attached hydrogen (secondary N) is 1. The molecule has 1 saturated heterocycles. The van der Waals surface area contributed by atoms with Crippen LogP contribution in [-0.4, -0.2) is 47.3 Å². The van der Waals surface area contributed by atoms with Crippen LogP contribution in [0.2, 0.25) is 0 Å². The lowest BCUT2D eigenvalue weighted by atomic mass is 10.1. The number of carbonyl (C=O) groups is 1. The molecular weight excluding hydrogens is 416 g/mol. The van der Waals surface area contributed by atoms with Crippen LogP contribution in [0.15, 0.2) is 35.1 Å². The molecule has 0 radical (unpaired) electrons. The summed E-state index contributed by atoms with van der Waals surface area (Å²) in [6.45, 7) is 2.24. The fraction of sp³-hybridized carbons (Fsp3) is 0.286. The zero-order chi connectivity index (χ0) is 22.1. The highest BCUT2D eigenvalue weighted by atomic mass is 19.3. The lowest BCUT2D eigenvalue weighted by Crippen LogP contribution is -2.46. The number of anilines is 1. The molecule has 0 bridgehead atoms. The van der Waals surface area contributed by atoms with E-state index in [-0.39, 0.29) is 23.1 Å². The van der Waals surface area contributed by atoms with E-state index in [2.05, 4.69) is 9.97 Å². The van der Waals surface area contributed by atoms with Crippen LogP contribution < -0.4 is 10.5 Å². The minimum atomic E-state index is -2.94. The maximum atomic E-state index is 14.9. The van der Waals surface area contributed by atoms with E-state index in [9.17, 15) is 27.2 Å². The van der Waals surface area contributed by atoms with Crippen LogP contribution in [0.1, 0.15) is 28.0 Å². The number of piperazine rings is 1. The zero-order valence-electron chi connectivity index (χ0n) is 16.2. The molecule has 6 nitrogen and oxygen atoms in total. The number of hydrogen-bond acceptors (Lipinski definition) is 5. The van der Waals surface area contributed by atoms with Gasteiger partial charge in [-0.15, -0.1) is 0 Å². The Hall–Kier alpha value is -3.27. The van der Waals surface area contributed by atoms with Gasteiger partial charge in [0, 0.05) is 43.7 Å². The van der Waals surface area contributed by atoms with Gasteiger partial charge in [-0.3, -0.25) is 14.5 Å². The molecule has 0 atom stereocenters. The number of carbonyl (C=O) groups excluding carboxylic acids is 1. The number of nitrogens with zero attached hydrogens (tertiary/aromatic N) is 3. The Bertz CT molecular complexity index is 1190. The highest BCUT2D eigenvalue weighted by molar-refractivity contribution is 5.80. The number of aldehydes is 1. The van der Waals surface area contributed by atoms with E-state index >= 15 is 0 Å². The third-order valence-corrected chi connectivity index (χ3v) is 5.38. The molecule has 0 spiro atoms. The monoisotopic (exact) mass is 434 g/mol. The molecule has 1 fully saturated rings. The van der Waals surface area contributed by atoms with Gasteiger partial charge in [-0.1, -0.05) is 12.1 Å². The molecule has 0 aliphatic carbocycles. The number of alkyl halides is 2. The molecule has 3 aromatic rings. The molecule has 0 amide bonds. The summed E-state index contributed by atoms with van der Waals surface area (Å²) in [6.07, 6.45) is -2.47. The van der Waals surface area contributed by atoms with Gasteiger partial charge in [-0.2, -0.15) is 4.39 Å². The van der Waals surface area contributed by atoms with E-state index in [1.807, 2.05) is 4.90 Å². The van der Waals surface area contributed by atoms with Crippen molar-refractivity contribution in [3.63, 3.8) is 0 Å². The average molecular weight is 434 g/mol. The van der Waals surface area contributed by atoms with Crippen LogP contribution in [-0.2, 0) is 6.54 Å². The van der Waals surface area contributed by atoms with Crippen LogP contribution in [0.4, 0.5) is 23.2 Å². The Morgan fingerprint density at radius 3 is 2.48 bits per heavy atom. The van der Waals surface area contributed by atoms with Gasteiger partial charge in [0.05, 0.1) is 16.8 Å². The molecule has 162 valence electrons. The Morgan fingerprint density at radius 2 is 1.84 bits per heavy atom. The SMILES string of the molecule is O=Cc1ccc(N2CCN(Cc3ccc4cc(C(F)F)c(=O)[nH]c4c3F)CC2)c(F)n1.